The predicted octanol–water partition coefficient (Wildman–Crippen LogP) is 4.54. The fourth-order valence-corrected chi connectivity index (χ4v) is 5.08. The molecule has 5 nitrogen and oxygen atoms in total. The summed E-state index contributed by atoms with van der Waals surface area (Å²) in [5, 5.41) is 14.2. The number of alkyl halides is 1. The molecule has 1 fully saturated rings. The normalized spacial score (nSPS) is 19.9. The molecule has 0 spiro atoms. The molecular weight excluding hydrogens is 477 g/mol. The van der Waals surface area contributed by atoms with Gasteiger partial charge in [0.15, 0.2) is 0 Å². The van der Waals surface area contributed by atoms with Crippen LogP contribution in [-0.2, 0) is 4.79 Å². The fraction of sp³-hybridized carbons (Fsp3) is 0.304. The lowest BCUT2D eigenvalue weighted by atomic mass is 9.99. The molecule has 1 amide bonds. The Morgan fingerprint density at radius 2 is 1.97 bits per heavy atom. The number of benzene rings is 1. The summed E-state index contributed by atoms with van der Waals surface area (Å²) < 4.78 is 1.54. The number of amides is 1. The van der Waals surface area contributed by atoms with E-state index in [1.54, 1.807) is 6.08 Å². The van der Waals surface area contributed by atoms with Crippen LogP contribution in [0.2, 0.25) is 0 Å². The van der Waals surface area contributed by atoms with E-state index in [0.717, 1.165) is 48.1 Å². The van der Waals surface area contributed by atoms with Crippen LogP contribution >= 0.6 is 22.6 Å². The monoisotopic (exact) mass is 501 g/mol. The maximum atomic E-state index is 13.1. The van der Waals surface area contributed by atoms with Crippen LogP contribution in [0.25, 0.3) is 22.9 Å². The number of rotatable bonds is 5. The Morgan fingerprint density at radius 1 is 1.17 bits per heavy atom. The van der Waals surface area contributed by atoms with Gasteiger partial charge in [0.2, 0.25) is 5.91 Å². The summed E-state index contributed by atoms with van der Waals surface area (Å²) in [4.78, 5) is 15.0. The molecule has 1 aliphatic heterocycles. The van der Waals surface area contributed by atoms with Crippen molar-refractivity contribution >= 4 is 40.1 Å². The van der Waals surface area contributed by atoms with Gasteiger partial charge in [0, 0.05) is 43.0 Å². The molecule has 6 heteroatoms. The number of aliphatic hydroxyl groups is 1. The number of carbonyl (C=O) groups is 1. The molecule has 0 saturated carbocycles. The van der Waals surface area contributed by atoms with Crippen LogP contribution < -0.4 is 0 Å². The smallest absolute Gasteiger partial charge is 0.247 e. The molecule has 3 aromatic rings. The van der Waals surface area contributed by atoms with Gasteiger partial charge < -0.3 is 10.0 Å². The third kappa shape index (κ3) is 4.09. The van der Waals surface area contributed by atoms with Crippen molar-refractivity contribution in [2.45, 2.75) is 29.2 Å². The molecule has 0 radical (unpaired) electrons. The molecule has 0 unspecified atom stereocenters. The second-order valence-electron chi connectivity index (χ2n) is 7.33. The van der Waals surface area contributed by atoms with Crippen molar-refractivity contribution in [2.75, 3.05) is 13.2 Å². The lowest BCUT2D eigenvalue weighted by molar-refractivity contribution is -0.130. The standard InChI is InChI=1S/C23H24IN3O2/c24-23(14-17-28)13-5-7-15-26(23)21(29)12-11-19-20-10-4-6-16-27(20)25-22(19)18-8-2-1-3-9-18/h1-4,6,8-12,16,28H,5,7,13-15,17H2/t23-/m0/s1. The maximum Gasteiger partial charge on any atom is 0.247 e. The Balaban J connectivity index is 1.70. The van der Waals surface area contributed by atoms with Crippen molar-refractivity contribution in [3.63, 3.8) is 0 Å². The molecule has 150 valence electrons. The first kappa shape index (κ1) is 20.1. The van der Waals surface area contributed by atoms with Crippen LogP contribution in [0.1, 0.15) is 31.2 Å². The molecule has 1 saturated heterocycles. The Labute approximate surface area is 184 Å². The summed E-state index contributed by atoms with van der Waals surface area (Å²) in [6.07, 6.45) is 9.07. The number of carbonyl (C=O) groups excluding carboxylic acids is 1. The Morgan fingerprint density at radius 3 is 2.76 bits per heavy atom. The third-order valence-corrected chi connectivity index (χ3v) is 7.12. The minimum Gasteiger partial charge on any atom is -0.396 e. The number of aromatic nitrogens is 2. The minimum atomic E-state index is -0.310. The van der Waals surface area contributed by atoms with Crippen molar-refractivity contribution in [2.24, 2.45) is 0 Å². The quantitative estimate of drug-likeness (QED) is 0.242. The van der Waals surface area contributed by atoms with Crippen LogP contribution in [0.15, 0.2) is 60.8 Å². The van der Waals surface area contributed by atoms with Gasteiger partial charge in [-0.25, -0.2) is 4.52 Å². The van der Waals surface area contributed by atoms with Crippen LogP contribution in [0.4, 0.5) is 0 Å². The zero-order valence-electron chi connectivity index (χ0n) is 16.2. The first-order valence-corrected chi connectivity index (χ1v) is 11.0. The summed E-state index contributed by atoms with van der Waals surface area (Å²) in [5.74, 6) is -0.0122. The van der Waals surface area contributed by atoms with Gasteiger partial charge in [0.25, 0.3) is 0 Å². The van der Waals surface area contributed by atoms with Gasteiger partial charge in [-0.3, -0.25) is 4.79 Å². The summed E-state index contributed by atoms with van der Waals surface area (Å²) >= 11 is 2.35. The number of aliphatic hydroxyl groups excluding tert-OH is 1. The maximum absolute atomic E-state index is 13.1. The fourth-order valence-electron chi connectivity index (χ4n) is 3.98. The average Bonchev–Trinajstić information content (AvgIpc) is 3.11. The van der Waals surface area contributed by atoms with E-state index in [-0.39, 0.29) is 16.1 Å². The van der Waals surface area contributed by atoms with E-state index in [9.17, 15) is 9.90 Å². The van der Waals surface area contributed by atoms with E-state index in [2.05, 4.69) is 22.6 Å². The topological polar surface area (TPSA) is 57.8 Å². The molecule has 0 bridgehead atoms. The SMILES string of the molecule is O=C(C=Cc1c(-c2ccccc2)nn2ccccc12)N1CCCC[C@@]1(I)CCO. The number of fused-ring (bicyclic) bond motifs is 1. The van der Waals surface area contributed by atoms with Crippen LogP contribution in [0.3, 0.4) is 0 Å². The van der Waals surface area contributed by atoms with E-state index in [0.29, 0.717) is 6.42 Å². The van der Waals surface area contributed by atoms with E-state index in [1.807, 2.05) is 70.2 Å². The van der Waals surface area contributed by atoms with Gasteiger partial charge in [-0.15, -0.1) is 0 Å². The third-order valence-electron chi connectivity index (χ3n) is 5.45. The number of nitrogens with zero attached hydrogens (tertiary/aromatic N) is 3. The molecule has 1 aliphatic rings. The van der Waals surface area contributed by atoms with Gasteiger partial charge >= 0.3 is 0 Å². The van der Waals surface area contributed by atoms with Crippen molar-refractivity contribution in [3.05, 3.63) is 66.4 Å². The Bertz CT molecular complexity index is 1030. The van der Waals surface area contributed by atoms with E-state index in [4.69, 9.17) is 5.10 Å². The molecule has 1 aromatic carbocycles. The van der Waals surface area contributed by atoms with Crippen molar-refractivity contribution < 1.29 is 9.90 Å². The zero-order chi connectivity index (χ0) is 20.3. The highest BCUT2D eigenvalue weighted by Crippen LogP contribution is 2.37. The summed E-state index contributed by atoms with van der Waals surface area (Å²) in [6.45, 7) is 0.815. The molecular formula is C23H24IN3O2. The second kappa shape index (κ2) is 8.67. The van der Waals surface area contributed by atoms with Crippen molar-refractivity contribution in [3.8, 4) is 11.3 Å². The highest BCUT2D eigenvalue weighted by atomic mass is 127. The Hall–Kier alpha value is -2.19. The molecule has 3 heterocycles. The van der Waals surface area contributed by atoms with E-state index < -0.39 is 0 Å². The molecule has 0 aliphatic carbocycles. The first-order chi connectivity index (χ1) is 14.1. The molecule has 2 aromatic heterocycles. The predicted molar refractivity (Wildman–Crippen MR) is 124 cm³/mol. The first-order valence-electron chi connectivity index (χ1n) is 9.95. The lowest BCUT2D eigenvalue weighted by Crippen LogP contribution is -2.50. The van der Waals surface area contributed by atoms with Crippen LogP contribution in [0.5, 0.6) is 0 Å². The number of pyridine rings is 1. The minimum absolute atomic E-state index is 0.0122. The van der Waals surface area contributed by atoms with Gasteiger partial charge in [-0.05, 0) is 37.5 Å². The number of hydrogen-bond acceptors (Lipinski definition) is 3. The van der Waals surface area contributed by atoms with Crippen molar-refractivity contribution in [1.82, 2.24) is 14.5 Å². The molecule has 1 N–H and O–H groups in total. The van der Waals surface area contributed by atoms with Gasteiger partial charge in [-0.1, -0.05) is 59.0 Å². The largest absolute Gasteiger partial charge is 0.396 e. The number of likely N-dealkylation sites (tertiary alicyclic amines) is 1. The Kier molecular flexibility index (Phi) is 6.01. The molecule has 29 heavy (non-hydrogen) atoms. The summed E-state index contributed by atoms with van der Waals surface area (Å²) in [7, 11) is 0. The van der Waals surface area contributed by atoms with Gasteiger partial charge in [0.05, 0.1) is 9.06 Å². The number of halogens is 1. The van der Waals surface area contributed by atoms with E-state index in [1.165, 1.54) is 0 Å². The van der Waals surface area contributed by atoms with Crippen molar-refractivity contribution in [1.29, 1.82) is 0 Å². The van der Waals surface area contributed by atoms with Gasteiger partial charge in [-0.2, -0.15) is 5.10 Å². The summed E-state index contributed by atoms with van der Waals surface area (Å²) in [5.41, 5.74) is 3.77. The lowest BCUT2D eigenvalue weighted by Gasteiger charge is -2.42. The second-order valence-corrected chi connectivity index (χ2v) is 9.34. The number of hydrogen-bond donors (Lipinski definition) is 1. The highest BCUT2D eigenvalue weighted by molar-refractivity contribution is 14.1. The van der Waals surface area contributed by atoms with Crippen LogP contribution in [0, 0.1) is 0 Å². The van der Waals surface area contributed by atoms with Crippen LogP contribution in [-0.4, -0.2) is 42.2 Å². The number of piperidine rings is 1. The average molecular weight is 501 g/mol. The summed E-state index contributed by atoms with van der Waals surface area (Å²) in [6, 6.07) is 16.0. The molecule has 1 atom stereocenters. The van der Waals surface area contributed by atoms with E-state index >= 15 is 0 Å². The molecule has 4 rings (SSSR count). The van der Waals surface area contributed by atoms with Gasteiger partial charge in [0.1, 0.15) is 5.69 Å². The highest BCUT2D eigenvalue weighted by Gasteiger charge is 2.37. The zero-order valence-corrected chi connectivity index (χ0v) is 18.3.